The Bertz CT molecular complexity index is 457. The molecule has 92 valence electrons. The Kier molecular flexibility index (Phi) is 3.52. The van der Waals surface area contributed by atoms with Gasteiger partial charge in [0.25, 0.3) is 5.69 Å². The number of nitro groups is 1. The molecule has 0 fully saturated rings. The SMILES string of the molecule is C=CC(O)c1cc([N+](=O)[O-])cc(C(F)(F)F)c1. The minimum absolute atomic E-state index is 0.221. The fourth-order valence-corrected chi connectivity index (χ4v) is 1.21. The number of halogens is 3. The molecule has 0 amide bonds. The predicted octanol–water partition coefficient (Wildman–Crippen LogP) is 2.83. The largest absolute Gasteiger partial charge is 0.416 e. The molecule has 0 aliphatic carbocycles. The number of nitro benzene ring substituents is 1. The maximum absolute atomic E-state index is 12.4. The van der Waals surface area contributed by atoms with Gasteiger partial charge in [-0.3, -0.25) is 10.1 Å². The zero-order valence-corrected chi connectivity index (χ0v) is 8.44. The molecule has 0 saturated heterocycles. The van der Waals surface area contributed by atoms with Gasteiger partial charge in [0.15, 0.2) is 0 Å². The molecule has 0 aliphatic rings. The van der Waals surface area contributed by atoms with Gasteiger partial charge in [0, 0.05) is 12.1 Å². The van der Waals surface area contributed by atoms with Crippen molar-refractivity contribution in [2.45, 2.75) is 12.3 Å². The van der Waals surface area contributed by atoms with Crippen LogP contribution in [0.3, 0.4) is 0 Å². The third kappa shape index (κ3) is 3.04. The molecular formula is C10H8F3NO3. The first kappa shape index (κ1) is 13.2. The highest BCUT2D eigenvalue weighted by Gasteiger charge is 2.33. The van der Waals surface area contributed by atoms with Crippen molar-refractivity contribution < 1.29 is 23.2 Å². The van der Waals surface area contributed by atoms with Crippen LogP contribution in [-0.2, 0) is 6.18 Å². The minimum Gasteiger partial charge on any atom is -0.384 e. The van der Waals surface area contributed by atoms with Crippen LogP contribution >= 0.6 is 0 Å². The Morgan fingerprint density at radius 2 is 2.00 bits per heavy atom. The summed E-state index contributed by atoms with van der Waals surface area (Å²) in [7, 11) is 0. The van der Waals surface area contributed by atoms with Gasteiger partial charge in [-0.2, -0.15) is 13.2 Å². The second kappa shape index (κ2) is 4.54. The maximum atomic E-state index is 12.4. The summed E-state index contributed by atoms with van der Waals surface area (Å²) in [4.78, 5) is 9.52. The van der Waals surface area contributed by atoms with Crippen molar-refractivity contribution in [2.24, 2.45) is 0 Å². The van der Waals surface area contributed by atoms with E-state index in [0.29, 0.717) is 12.1 Å². The molecule has 0 radical (unpaired) electrons. The lowest BCUT2D eigenvalue weighted by atomic mass is 10.0. The van der Waals surface area contributed by atoms with E-state index in [1.165, 1.54) is 0 Å². The average molecular weight is 247 g/mol. The molecule has 4 nitrogen and oxygen atoms in total. The molecule has 0 saturated carbocycles. The number of aliphatic hydroxyl groups is 1. The van der Waals surface area contributed by atoms with Gasteiger partial charge in [0.05, 0.1) is 16.6 Å². The molecule has 7 heteroatoms. The number of rotatable bonds is 3. The summed E-state index contributed by atoms with van der Waals surface area (Å²) in [6.07, 6.45) is -5.10. The maximum Gasteiger partial charge on any atom is 0.416 e. The van der Waals surface area contributed by atoms with Crippen molar-refractivity contribution in [1.29, 1.82) is 0 Å². The Morgan fingerprint density at radius 3 is 2.41 bits per heavy atom. The molecule has 0 bridgehead atoms. The summed E-state index contributed by atoms with van der Waals surface area (Å²) in [5.74, 6) is 0. The number of alkyl halides is 3. The van der Waals surface area contributed by atoms with E-state index in [1.54, 1.807) is 0 Å². The minimum atomic E-state index is -4.71. The lowest BCUT2D eigenvalue weighted by molar-refractivity contribution is -0.385. The van der Waals surface area contributed by atoms with Gasteiger partial charge in [0.2, 0.25) is 0 Å². The monoisotopic (exact) mass is 247 g/mol. The van der Waals surface area contributed by atoms with E-state index < -0.39 is 28.5 Å². The first-order valence-electron chi connectivity index (χ1n) is 4.43. The van der Waals surface area contributed by atoms with Crippen LogP contribution < -0.4 is 0 Å². The fraction of sp³-hybridized carbons (Fsp3) is 0.200. The second-order valence-electron chi connectivity index (χ2n) is 3.25. The second-order valence-corrected chi connectivity index (χ2v) is 3.25. The average Bonchev–Trinajstić information content (AvgIpc) is 2.26. The highest BCUT2D eigenvalue weighted by molar-refractivity contribution is 5.42. The van der Waals surface area contributed by atoms with Crippen LogP contribution in [0.2, 0.25) is 0 Å². The lowest BCUT2D eigenvalue weighted by Gasteiger charge is -2.10. The molecule has 1 rings (SSSR count). The molecule has 0 spiro atoms. The summed E-state index contributed by atoms with van der Waals surface area (Å²) in [5.41, 5.74) is -2.13. The summed E-state index contributed by atoms with van der Waals surface area (Å²) < 4.78 is 37.3. The zero-order chi connectivity index (χ0) is 13.2. The third-order valence-electron chi connectivity index (χ3n) is 2.04. The van der Waals surface area contributed by atoms with Crippen molar-refractivity contribution in [1.82, 2.24) is 0 Å². The smallest absolute Gasteiger partial charge is 0.384 e. The molecule has 17 heavy (non-hydrogen) atoms. The number of hydrogen-bond donors (Lipinski definition) is 1. The van der Waals surface area contributed by atoms with Crippen LogP contribution in [0, 0.1) is 10.1 Å². The van der Waals surface area contributed by atoms with Crippen molar-refractivity contribution in [2.75, 3.05) is 0 Å². The van der Waals surface area contributed by atoms with Crippen molar-refractivity contribution >= 4 is 5.69 Å². The first-order valence-corrected chi connectivity index (χ1v) is 4.43. The summed E-state index contributed by atoms with van der Waals surface area (Å²) in [6, 6.07) is 1.94. The van der Waals surface area contributed by atoms with Crippen LogP contribution in [0.1, 0.15) is 17.2 Å². The van der Waals surface area contributed by atoms with E-state index in [2.05, 4.69) is 6.58 Å². The van der Waals surface area contributed by atoms with Gasteiger partial charge < -0.3 is 5.11 Å². The molecule has 1 unspecified atom stereocenters. The number of non-ortho nitro benzene ring substituents is 1. The Hall–Kier alpha value is -1.89. The fourth-order valence-electron chi connectivity index (χ4n) is 1.21. The van der Waals surface area contributed by atoms with Gasteiger partial charge in [0.1, 0.15) is 0 Å². The molecule has 1 N–H and O–H groups in total. The topological polar surface area (TPSA) is 63.4 Å². The Morgan fingerprint density at radius 1 is 1.41 bits per heavy atom. The van der Waals surface area contributed by atoms with E-state index in [-0.39, 0.29) is 5.56 Å². The van der Waals surface area contributed by atoms with Crippen LogP contribution in [0.15, 0.2) is 30.9 Å². The molecular weight excluding hydrogens is 239 g/mol. The quantitative estimate of drug-likeness (QED) is 0.507. The number of aliphatic hydroxyl groups excluding tert-OH is 1. The highest BCUT2D eigenvalue weighted by atomic mass is 19.4. The van der Waals surface area contributed by atoms with Crippen LogP contribution in [0.25, 0.3) is 0 Å². The highest BCUT2D eigenvalue weighted by Crippen LogP contribution is 2.34. The van der Waals surface area contributed by atoms with Crippen molar-refractivity contribution in [3.8, 4) is 0 Å². The molecule has 0 aromatic heterocycles. The van der Waals surface area contributed by atoms with E-state index >= 15 is 0 Å². The van der Waals surface area contributed by atoms with Gasteiger partial charge in [-0.1, -0.05) is 6.08 Å². The van der Waals surface area contributed by atoms with E-state index in [9.17, 15) is 28.4 Å². The predicted molar refractivity (Wildman–Crippen MR) is 53.3 cm³/mol. The van der Waals surface area contributed by atoms with E-state index in [0.717, 1.165) is 12.1 Å². The van der Waals surface area contributed by atoms with Crippen LogP contribution in [0.5, 0.6) is 0 Å². The van der Waals surface area contributed by atoms with Crippen molar-refractivity contribution in [3.63, 3.8) is 0 Å². The van der Waals surface area contributed by atoms with E-state index in [4.69, 9.17) is 0 Å². The normalized spacial score (nSPS) is 13.2. The van der Waals surface area contributed by atoms with Crippen molar-refractivity contribution in [3.05, 3.63) is 52.1 Å². The zero-order valence-electron chi connectivity index (χ0n) is 8.44. The Balaban J connectivity index is 3.38. The van der Waals surface area contributed by atoms with E-state index in [1.807, 2.05) is 0 Å². The molecule has 1 aromatic carbocycles. The molecule has 1 aromatic rings. The van der Waals surface area contributed by atoms with Crippen LogP contribution in [-0.4, -0.2) is 10.0 Å². The van der Waals surface area contributed by atoms with Gasteiger partial charge in [-0.25, -0.2) is 0 Å². The number of nitrogens with zero attached hydrogens (tertiary/aromatic N) is 1. The number of benzene rings is 1. The third-order valence-corrected chi connectivity index (χ3v) is 2.04. The summed E-state index contributed by atoms with van der Waals surface area (Å²) in [5, 5.41) is 19.8. The van der Waals surface area contributed by atoms with Gasteiger partial charge >= 0.3 is 6.18 Å². The molecule has 0 aliphatic heterocycles. The van der Waals surface area contributed by atoms with Gasteiger partial charge in [-0.05, 0) is 11.6 Å². The van der Waals surface area contributed by atoms with Gasteiger partial charge in [-0.15, -0.1) is 6.58 Å². The van der Waals surface area contributed by atoms with Crippen LogP contribution in [0.4, 0.5) is 18.9 Å². The number of hydrogen-bond acceptors (Lipinski definition) is 3. The Labute approximate surface area is 94.1 Å². The molecule has 1 atom stereocenters. The summed E-state index contributed by atoms with van der Waals surface area (Å²) >= 11 is 0. The summed E-state index contributed by atoms with van der Waals surface area (Å²) in [6.45, 7) is 3.20. The first-order chi connectivity index (χ1) is 7.75. The standard InChI is InChI=1S/C10H8F3NO3/c1-2-9(15)6-3-7(10(11,12)13)5-8(4-6)14(16)17/h2-5,9,15H,1H2. The molecule has 0 heterocycles. The lowest BCUT2D eigenvalue weighted by Crippen LogP contribution is -2.07.